The first-order valence-corrected chi connectivity index (χ1v) is 2.89. The van der Waals surface area contributed by atoms with Crippen LogP contribution in [0.25, 0.3) is 0 Å². The van der Waals surface area contributed by atoms with Gasteiger partial charge in [0.2, 0.25) is 0 Å². The minimum absolute atomic E-state index is 0.561. The molecule has 0 fully saturated rings. The summed E-state index contributed by atoms with van der Waals surface area (Å²) < 4.78 is 0. The lowest BCUT2D eigenvalue weighted by molar-refractivity contribution is 1.41. The number of rotatable bonds is 1. The van der Waals surface area contributed by atoms with E-state index in [4.69, 9.17) is 11.6 Å². The van der Waals surface area contributed by atoms with Gasteiger partial charge in [0.25, 0.3) is 0 Å². The minimum atomic E-state index is 0.561. The Hall–Kier alpha value is -0.670. The Morgan fingerprint density at radius 3 is 2.75 bits per heavy atom. The van der Waals surface area contributed by atoms with Crippen molar-refractivity contribution in [1.29, 1.82) is 0 Å². The molecule has 0 radical (unpaired) electrons. The molecule has 0 N–H and O–H groups in total. The highest BCUT2D eigenvalue weighted by Gasteiger charge is 1.80. The summed E-state index contributed by atoms with van der Waals surface area (Å²) in [7, 11) is 0. The van der Waals surface area contributed by atoms with Crippen molar-refractivity contribution in [3.05, 3.63) is 35.9 Å². The molecule has 0 atom stereocenters. The average Bonchev–Trinajstić information content (AvgIpc) is 1.90. The third kappa shape index (κ3) is 1.15. The van der Waals surface area contributed by atoms with Crippen LogP contribution in [-0.2, 0) is 5.88 Å². The van der Waals surface area contributed by atoms with Crippen LogP contribution in [0.5, 0.6) is 0 Å². The van der Waals surface area contributed by atoms with Crippen LogP contribution in [-0.4, -0.2) is 0 Å². The Kier molecular flexibility index (Phi) is 1.77. The summed E-state index contributed by atoms with van der Waals surface area (Å²) in [6.07, 6.45) is 0. The summed E-state index contributed by atoms with van der Waals surface area (Å²) >= 11 is 5.49. The quantitative estimate of drug-likeness (QED) is 0.503. The van der Waals surface area contributed by atoms with Gasteiger partial charge in [0.15, 0.2) is 0 Å². The van der Waals surface area contributed by atoms with Gasteiger partial charge in [-0.05, 0) is 23.8 Å². The van der Waals surface area contributed by atoms with E-state index in [1.165, 1.54) is 0 Å². The van der Waals surface area contributed by atoms with Crippen molar-refractivity contribution in [2.75, 3.05) is 0 Å². The molecule has 40 valence electrons. The lowest BCUT2D eigenvalue weighted by Crippen LogP contribution is -1.69. The molecule has 1 rings (SSSR count). The second-order valence-electron chi connectivity index (χ2n) is 1.47. The molecular formula is C7H5Cl. The molecule has 1 heteroatoms. The molecule has 0 aliphatic heterocycles. The van der Waals surface area contributed by atoms with Crippen LogP contribution < -0.4 is 0 Å². The van der Waals surface area contributed by atoms with Gasteiger partial charge in [0.05, 0.1) is 0 Å². The summed E-state index contributed by atoms with van der Waals surface area (Å²) in [6, 6.07) is 11.1. The molecule has 0 bridgehead atoms. The Bertz CT molecular complexity index is 146. The van der Waals surface area contributed by atoms with E-state index in [-0.39, 0.29) is 0 Å². The summed E-state index contributed by atoms with van der Waals surface area (Å²) in [6.45, 7) is 0. The summed E-state index contributed by atoms with van der Waals surface area (Å²) in [5.41, 5.74) is 1.09. The van der Waals surface area contributed by atoms with Gasteiger partial charge in [-0.2, -0.15) is 0 Å². The first kappa shape index (κ1) is 5.47. The fourth-order valence-corrected chi connectivity index (χ4v) is 0.629. The van der Waals surface area contributed by atoms with Crippen molar-refractivity contribution in [1.82, 2.24) is 0 Å². The summed E-state index contributed by atoms with van der Waals surface area (Å²) in [5, 5.41) is 0. The molecular weight excluding hydrogens is 120 g/mol. The third-order valence-electron chi connectivity index (χ3n) is 0.876. The molecule has 8 heavy (non-hydrogen) atoms. The highest BCUT2D eigenvalue weighted by Crippen LogP contribution is 1.97. The summed E-state index contributed by atoms with van der Waals surface area (Å²) in [5.74, 6) is 0.561. The smallest absolute Gasteiger partial charge is 0.0480 e. The van der Waals surface area contributed by atoms with Crippen LogP contribution in [0.15, 0.2) is 18.2 Å². The minimum Gasteiger partial charge on any atom is -0.122 e. The van der Waals surface area contributed by atoms with E-state index in [2.05, 4.69) is 12.1 Å². The van der Waals surface area contributed by atoms with Gasteiger partial charge in [-0.15, -0.1) is 11.6 Å². The van der Waals surface area contributed by atoms with E-state index in [0.29, 0.717) is 5.88 Å². The second kappa shape index (κ2) is 2.59. The zero-order chi connectivity index (χ0) is 5.82. The molecule has 0 heterocycles. The van der Waals surface area contributed by atoms with Gasteiger partial charge in [-0.3, -0.25) is 0 Å². The van der Waals surface area contributed by atoms with Crippen LogP contribution in [0, 0.1) is 12.1 Å². The van der Waals surface area contributed by atoms with Gasteiger partial charge in [-0.25, -0.2) is 0 Å². The largest absolute Gasteiger partial charge is 0.122 e. The Balaban J connectivity index is 2.83. The molecule has 1 aromatic rings. The highest BCUT2D eigenvalue weighted by molar-refractivity contribution is 6.17. The molecule has 0 saturated heterocycles. The van der Waals surface area contributed by atoms with Gasteiger partial charge in [0.1, 0.15) is 0 Å². The molecule has 0 nitrogen and oxygen atoms in total. The zero-order valence-electron chi connectivity index (χ0n) is 4.32. The lowest BCUT2D eigenvalue weighted by Gasteiger charge is -1.84. The van der Waals surface area contributed by atoms with Crippen LogP contribution in [0.3, 0.4) is 0 Å². The molecule has 0 aromatic heterocycles. The number of halogens is 1. The molecule has 0 spiro atoms. The predicted molar refractivity (Wildman–Crippen MR) is 33.7 cm³/mol. The third-order valence-corrected chi connectivity index (χ3v) is 1.18. The van der Waals surface area contributed by atoms with Crippen molar-refractivity contribution >= 4 is 11.6 Å². The second-order valence-corrected chi connectivity index (χ2v) is 1.74. The maximum Gasteiger partial charge on any atom is 0.0480 e. The van der Waals surface area contributed by atoms with Gasteiger partial charge in [-0.1, -0.05) is 12.1 Å². The first-order valence-electron chi connectivity index (χ1n) is 2.36. The van der Waals surface area contributed by atoms with Crippen LogP contribution in [0.1, 0.15) is 5.56 Å². The van der Waals surface area contributed by atoms with Gasteiger partial charge >= 0.3 is 0 Å². The molecule has 0 aliphatic carbocycles. The van der Waals surface area contributed by atoms with Crippen molar-refractivity contribution in [3.8, 4) is 0 Å². The van der Waals surface area contributed by atoms with Gasteiger partial charge in [0, 0.05) is 5.88 Å². The monoisotopic (exact) mass is 124 g/mol. The van der Waals surface area contributed by atoms with E-state index >= 15 is 0 Å². The predicted octanol–water partition coefficient (Wildman–Crippen LogP) is 2.03. The first-order chi connectivity index (χ1) is 3.93. The van der Waals surface area contributed by atoms with E-state index in [1.807, 2.05) is 12.1 Å². The average molecular weight is 125 g/mol. The Morgan fingerprint density at radius 1 is 1.50 bits per heavy atom. The molecule has 0 amide bonds. The molecule has 0 saturated carbocycles. The number of alkyl halides is 1. The van der Waals surface area contributed by atoms with Crippen LogP contribution in [0.4, 0.5) is 0 Å². The van der Waals surface area contributed by atoms with Crippen molar-refractivity contribution in [2.24, 2.45) is 0 Å². The van der Waals surface area contributed by atoms with Crippen LogP contribution in [0.2, 0.25) is 0 Å². The van der Waals surface area contributed by atoms with Crippen molar-refractivity contribution in [3.63, 3.8) is 0 Å². The SMILES string of the molecule is ClCc1cc#ccc1. The van der Waals surface area contributed by atoms with Crippen molar-refractivity contribution < 1.29 is 0 Å². The van der Waals surface area contributed by atoms with E-state index in [0.717, 1.165) is 5.56 Å². The maximum atomic E-state index is 5.49. The molecule has 0 unspecified atom stereocenters. The molecule has 1 aromatic carbocycles. The fourth-order valence-electron chi connectivity index (χ4n) is 0.462. The summed E-state index contributed by atoms with van der Waals surface area (Å²) in [4.78, 5) is 0. The normalized spacial score (nSPS) is 8.12. The van der Waals surface area contributed by atoms with Crippen molar-refractivity contribution in [2.45, 2.75) is 5.88 Å². The van der Waals surface area contributed by atoms with Crippen LogP contribution >= 0.6 is 11.6 Å². The lowest BCUT2D eigenvalue weighted by atomic mass is 10.3. The fraction of sp³-hybridized carbons (Fsp3) is 0.143. The van der Waals surface area contributed by atoms with E-state index in [1.54, 1.807) is 6.07 Å². The highest BCUT2D eigenvalue weighted by atomic mass is 35.5. The maximum absolute atomic E-state index is 5.49. The zero-order valence-corrected chi connectivity index (χ0v) is 5.07. The standard InChI is InChI=1S/C7H5Cl/c8-6-7-4-2-1-3-5-7/h2,4-5H,6H2. The van der Waals surface area contributed by atoms with Gasteiger partial charge < -0.3 is 0 Å². The van der Waals surface area contributed by atoms with E-state index < -0.39 is 0 Å². The topological polar surface area (TPSA) is 0 Å². The number of hydrogen-bond acceptors (Lipinski definition) is 0. The Morgan fingerprint density at radius 2 is 2.38 bits per heavy atom. The Labute approximate surface area is 54.1 Å². The molecule has 0 aliphatic rings. The number of hydrogen-bond donors (Lipinski definition) is 0. The van der Waals surface area contributed by atoms with E-state index in [9.17, 15) is 0 Å².